The molecule has 1 unspecified atom stereocenters. The molecule has 4 rings (SSSR count). The topological polar surface area (TPSA) is 65.5 Å². The van der Waals surface area contributed by atoms with Crippen LogP contribution in [0.1, 0.15) is 34.1 Å². The summed E-state index contributed by atoms with van der Waals surface area (Å²) in [6.07, 6.45) is 5.05. The second-order valence-corrected chi connectivity index (χ2v) is 8.92. The molecule has 2 fully saturated rings. The third-order valence-electron chi connectivity index (χ3n) is 5.73. The molecule has 1 N–H and O–H groups in total. The summed E-state index contributed by atoms with van der Waals surface area (Å²) in [5.41, 5.74) is 1.91. The second-order valence-electron chi connectivity index (χ2n) is 7.78. The summed E-state index contributed by atoms with van der Waals surface area (Å²) in [5, 5.41) is 3.59. The van der Waals surface area contributed by atoms with E-state index in [-0.39, 0.29) is 23.1 Å². The Hall–Kier alpha value is -2.22. The summed E-state index contributed by atoms with van der Waals surface area (Å²) >= 11 is 1.77. The molecule has 0 aliphatic carbocycles. The van der Waals surface area contributed by atoms with Gasteiger partial charge in [0.25, 0.3) is 0 Å². The molecular weight excluding hydrogens is 396 g/mol. The lowest BCUT2D eigenvalue weighted by atomic mass is 10.1. The average Bonchev–Trinajstić information content (AvgIpc) is 3.30. The number of pyridine rings is 1. The molecule has 2 aliphatic heterocycles. The maximum atomic E-state index is 12.9. The van der Waals surface area contributed by atoms with E-state index in [9.17, 15) is 9.59 Å². The third kappa shape index (κ3) is 5.28. The SMILES string of the molecule is O=C(CCCN1CCN(C(=O)[C@@H]2CSC(c3cccnc3)N2)CC1)c1ccccc1. The maximum Gasteiger partial charge on any atom is 0.240 e. The number of hydrogen-bond donors (Lipinski definition) is 1. The Kier molecular flexibility index (Phi) is 7.15. The molecule has 7 heteroatoms. The fourth-order valence-electron chi connectivity index (χ4n) is 3.98. The molecule has 1 aromatic carbocycles. The monoisotopic (exact) mass is 424 g/mol. The zero-order valence-corrected chi connectivity index (χ0v) is 17.9. The molecule has 2 aliphatic rings. The fourth-order valence-corrected chi connectivity index (χ4v) is 5.20. The zero-order valence-electron chi connectivity index (χ0n) is 17.1. The minimum absolute atomic E-state index is 0.129. The molecule has 0 spiro atoms. The van der Waals surface area contributed by atoms with Crippen LogP contribution in [-0.4, -0.2) is 71.0 Å². The fraction of sp³-hybridized carbons (Fsp3) is 0.435. The van der Waals surface area contributed by atoms with Gasteiger partial charge in [-0.3, -0.25) is 24.8 Å². The van der Waals surface area contributed by atoms with Crippen molar-refractivity contribution in [2.45, 2.75) is 24.3 Å². The second kappa shape index (κ2) is 10.2. The van der Waals surface area contributed by atoms with E-state index in [0.29, 0.717) is 6.42 Å². The summed E-state index contributed by atoms with van der Waals surface area (Å²) in [5.74, 6) is 1.20. The lowest BCUT2D eigenvalue weighted by Crippen LogP contribution is -2.53. The van der Waals surface area contributed by atoms with Crippen molar-refractivity contribution in [1.82, 2.24) is 20.1 Å². The Morgan fingerprint density at radius 1 is 1.07 bits per heavy atom. The van der Waals surface area contributed by atoms with Crippen LogP contribution in [0.15, 0.2) is 54.9 Å². The molecule has 0 radical (unpaired) electrons. The van der Waals surface area contributed by atoms with Gasteiger partial charge in [0.05, 0.1) is 11.4 Å². The highest BCUT2D eigenvalue weighted by atomic mass is 32.2. The van der Waals surface area contributed by atoms with Gasteiger partial charge in [0.15, 0.2) is 5.78 Å². The molecule has 2 atom stereocenters. The van der Waals surface area contributed by atoms with Gasteiger partial charge in [-0.25, -0.2) is 0 Å². The number of aromatic nitrogens is 1. The number of carbonyl (C=O) groups excluding carboxylic acids is 2. The van der Waals surface area contributed by atoms with Crippen LogP contribution < -0.4 is 5.32 Å². The van der Waals surface area contributed by atoms with E-state index in [1.807, 2.05) is 53.6 Å². The first kappa shape index (κ1) is 21.0. The molecule has 3 heterocycles. The van der Waals surface area contributed by atoms with Crippen molar-refractivity contribution < 1.29 is 9.59 Å². The van der Waals surface area contributed by atoms with Crippen LogP contribution in [-0.2, 0) is 4.79 Å². The summed E-state index contributed by atoms with van der Waals surface area (Å²) in [7, 11) is 0. The van der Waals surface area contributed by atoms with Crippen molar-refractivity contribution >= 4 is 23.5 Å². The van der Waals surface area contributed by atoms with Crippen LogP contribution in [0.2, 0.25) is 0 Å². The lowest BCUT2D eigenvalue weighted by molar-refractivity contribution is -0.134. The van der Waals surface area contributed by atoms with Crippen LogP contribution in [0, 0.1) is 0 Å². The van der Waals surface area contributed by atoms with Crippen molar-refractivity contribution in [3.63, 3.8) is 0 Å². The number of amides is 1. The van der Waals surface area contributed by atoms with E-state index in [2.05, 4.69) is 15.2 Å². The zero-order chi connectivity index (χ0) is 20.8. The van der Waals surface area contributed by atoms with Crippen molar-refractivity contribution in [2.75, 3.05) is 38.5 Å². The summed E-state index contributed by atoms with van der Waals surface area (Å²) < 4.78 is 0. The number of thioether (sulfide) groups is 1. The van der Waals surface area contributed by atoms with E-state index in [0.717, 1.165) is 56.0 Å². The molecule has 2 aromatic rings. The highest BCUT2D eigenvalue weighted by Crippen LogP contribution is 2.32. The van der Waals surface area contributed by atoms with Crippen molar-refractivity contribution in [3.8, 4) is 0 Å². The predicted octanol–water partition coefficient (Wildman–Crippen LogP) is 2.59. The number of hydrogen-bond acceptors (Lipinski definition) is 6. The van der Waals surface area contributed by atoms with Gasteiger partial charge < -0.3 is 4.90 Å². The van der Waals surface area contributed by atoms with Crippen molar-refractivity contribution in [3.05, 3.63) is 66.0 Å². The summed E-state index contributed by atoms with van der Waals surface area (Å²) in [6.45, 7) is 4.16. The number of piperazine rings is 1. The number of nitrogens with zero attached hydrogens (tertiary/aromatic N) is 3. The van der Waals surface area contributed by atoms with Gasteiger partial charge in [-0.05, 0) is 24.6 Å². The predicted molar refractivity (Wildman–Crippen MR) is 119 cm³/mol. The number of carbonyl (C=O) groups is 2. The summed E-state index contributed by atoms with van der Waals surface area (Å²) in [6, 6.07) is 13.3. The van der Waals surface area contributed by atoms with Crippen LogP contribution in [0.25, 0.3) is 0 Å². The Morgan fingerprint density at radius 2 is 1.87 bits per heavy atom. The highest BCUT2D eigenvalue weighted by Gasteiger charge is 2.34. The first-order valence-electron chi connectivity index (χ1n) is 10.6. The minimum atomic E-state index is -0.129. The van der Waals surface area contributed by atoms with Gasteiger partial charge in [0, 0.05) is 56.3 Å². The molecule has 158 valence electrons. The normalized spacial score (nSPS) is 22.2. The summed E-state index contributed by atoms with van der Waals surface area (Å²) in [4.78, 5) is 33.6. The number of ketones is 1. The van der Waals surface area contributed by atoms with E-state index in [1.165, 1.54) is 0 Å². The maximum absolute atomic E-state index is 12.9. The molecule has 30 heavy (non-hydrogen) atoms. The van der Waals surface area contributed by atoms with Gasteiger partial charge >= 0.3 is 0 Å². The average molecular weight is 425 g/mol. The van der Waals surface area contributed by atoms with E-state index in [1.54, 1.807) is 18.0 Å². The molecular formula is C23H28N4O2S. The quantitative estimate of drug-likeness (QED) is 0.690. The smallest absolute Gasteiger partial charge is 0.240 e. The molecule has 1 amide bonds. The molecule has 1 aromatic heterocycles. The molecule has 6 nitrogen and oxygen atoms in total. The first-order chi connectivity index (χ1) is 14.7. The first-order valence-corrected chi connectivity index (χ1v) is 11.6. The van der Waals surface area contributed by atoms with Gasteiger partial charge in [0.1, 0.15) is 0 Å². The number of Topliss-reactive ketones (excluding diaryl/α,β-unsaturated/α-hetero) is 1. The van der Waals surface area contributed by atoms with Gasteiger partial charge in [0.2, 0.25) is 5.91 Å². The standard InChI is InChI=1S/C23H28N4O2S/c28-21(18-6-2-1-3-7-18)9-5-11-26-12-14-27(15-13-26)23(29)20-17-30-22(25-20)19-8-4-10-24-16-19/h1-4,6-8,10,16,20,22,25H,5,9,11-15,17H2/t20-,22?/m0/s1. The Morgan fingerprint density at radius 3 is 2.60 bits per heavy atom. The van der Waals surface area contributed by atoms with Crippen LogP contribution >= 0.6 is 11.8 Å². The van der Waals surface area contributed by atoms with Crippen LogP contribution in [0.3, 0.4) is 0 Å². The minimum Gasteiger partial charge on any atom is -0.339 e. The molecule has 2 saturated heterocycles. The van der Waals surface area contributed by atoms with Gasteiger partial charge in [-0.1, -0.05) is 36.4 Å². The number of benzene rings is 1. The van der Waals surface area contributed by atoms with Crippen molar-refractivity contribution in [1.29, 1.82) is 0 Å². The Bertz CT molecular complexity index is 841. The van der Waals surface area contributed by atoms with E-state index >= 15 is 0 Å². The number of nitrogens with one attached hydrogen (secondary N) is 1. The van der Waals surface area contributed by atoms with Gasteiger partial charge in [-0.15, -0.1) is 11.8 Å². The Balaban J connectivity index is 1.17. The van der Waals surface area contributed by atoms with Gasteiger partial charge in [-0.2, -0.15) is 0 Å². The highest BCUT2D eigenvalue weighted by molar-refractivity contribution is 7.99. The van der Waals surface area contributed by atoms with Crippen molar-refractivity contribution in [2.24, 2.45) is 0 Å². The van der Waals surface area contributed by atoms with E-state index in [4.69, 9.17) is 0 Å². The lowest BCUT2D eigenvalue weighted by Gasteiger charge is -2.36. The third-order valence-corrected chi connectivity index (χ3v) is 6.99. The molecule has 0 saturated carbocycles. The Labute approximate surface area is 182 Å². The van der Waals surface area contributed by atoms with Crippen LogP contribution in [0.4, 0.5) is 0 Å². The number of rotatable bonds is 7. The van der Waals surface area contributed by atoms with E-state index < -0.39 is 0 Å². The largest absolute Gasteiger partial charge is 0.339 e. The molecule has 0 bridgehead atoms. The van der Waals surface area contributed by atoms with Crippen LogP contribution in [0.5, 0.6) is 0 Å².